The summed E-state index contributed by atoms with van der Waals surface area (Å²) < 4.78 is 10.6. The first kappa shape index (κ1) is 20.2. The lowest BCUT2D eigenvalue weighted by atomic mass is 10.2. The number of para-hydroxylation sites is 1. The minimum atomic E-state index is 0. The minimum absolute atomic E-state index is 0. The molecule has 0 aliphatic carbocycles. The summed E-state index contributed by atoms with van der Waals surface area (Å²) in [6, 6.07) is 23.2. The van der Waals surface area contributed by atoms with Crippen LogP contribution in [0.25, 0.3) is 10.9 Å². The molecule has 0 saturated carbocycles. The van der Waals surface area contributed by atoms with E-state index in [2.05, 4.69) is 20.6 Å². The Kier molecular flexibility index (Phi) is 6.36. The van der Waals surface area contributed by atoms with Crippen molar-refractivity contribution in [3.63, 3.8) is 0 Å². The molecule has 0 spiro atoms. The smallest absolute Gasteiger partial charge is 0.229 e. The molecule has 2 N–H and O–H groups in total. The molecule has 0 saturated heterocycles. The van der Waals surface area contributed by atoms with E-state index in [4.69, 9.17) is 9.47 Å². The van der Waals surface area contributed by atoms with Crippen molar-refractivity contribution >= 4 is 46.5 Å². The fraction of sp³-hybridized carbons (Fsp3) is 0.0909. The van der Waals surface area contributed by atoms with Gasteiger partial charge in [0, 0.05) is 28.9 Å². The maximum Gasteiger partial charge on any atom is 0.229 e. The molecule has 4 aromatic rings. The first-order valence-electron chi connectivity index (χ1n) is 8.84. The molecule has 0 aliphatic rings. The molecule has 29 heavy (non-hydrogen) atoms. The SMILES string of the molecule is COc1cccc(Nc2nc(Nc3cccc(OC)c3)c3ccccc3n2)c1.Cl. The summed E-state index contributed by atoms with van der Waals surface area (Å²) >= 11 is 0. The number of hydrogen-bond acceptors (Lipinski definition) is 6. The Balaban J connectivity index is 0.00000240. The van der Waals surface area contributed by atoms with E-state index < -0.39 is 0 Å². The van der Waals surface area contributed by atoms with Gasteiger partial charge in [0.2, 0.25) is 5.95 Å². The van der Waals surface area contributed by atoms with Gasteiger partial charge in [0.15, 0.2) is 0 Å². The fourth-order valence-electron chi connectivity index (χ4n) is 2.90. The lowest BCUT2D eigenvalue weighted by molar-refractivity contribution is 0.415. The predicted octanol–water partition coefficient (Wildman–Crippen LogP) is 5.56. The van der Waals surface area contributed by atoms with Crippen molar-refractivity contribution in [2.45, 2.75) is 0 Å². The summed E-state index contributed by atoms with van der Waals surface area (Å²) in [5.74, 6) is 2.75. The zero-order valence-corrected chi connectivity index (χ0v) is 16.9. The molecule has 0 fully saturated rings. The second-order valence-corrected chi connectivity index (χ2v) is 6.13. The average Bonchev–Trinajstić information content (AvgIpc) is 2.74. The summed E-state index contributed by atoms with van der Waals surface area (Å²) in [5, 5.41) is 7.56. The van der Waals surface area contributed by atoms with Gasteiger partial charge >= 0.3 is 0 Å². The fourth-order valence-corrected chi connectivity index (χ4v) is 2.90. The summed E-state index contributed by atoms with van der Waals surface area (Å²) in [7, 11) is 3.29. The van der Waals surface area contributed by atoms with Crippen molar-refractivity contribution in [3.05, 3.63) is 72.8 Å². The second-order valence-electron chi connectivity index (χ2n) is 6.13. The highest BCUT2D eigenvalue weighted by molar-refractivity contribution is 5.92. The third-order valence-corrected chi connectivity index (χ3v) is 4.26. The van der Waals surface area contributed by atoms with Crippen LogP contribution in [-0.2, 0) is 0 Å². The molecular formula is C22H21ClN4O2. The first-order chi connectivity index (χ1) is 13.7. The Bertz CT molecular complexity index is 1120. The monoisotopic (exact) mass is 408 g/mol. The van der Waals surface area contributed by atoms with E-state index in [0.29, 0.717) is 11.8 Å². The molecular weight excluding hydrogens is 388 g/mol. The van der Waals surface area contributed by atoms with Crippen molar-refractivity contribution in [1.82, 2.24) is 9.97 Å². The zero-order valence-electron chi connectivity index (χ0n) is 16.0. The zero-order chi connectivity index (χ0) is 19.3. The molecule has 0 atom stereocenters. The van der Waals surface area contributed by atoms with E-state index in [1.165, 1.54) is 0 Å². The number of methoxy groups -OCH3 is 2. The number of aromatic nitrogens is 2. The Labute approximate surface area is 175 Å². The van der Waals surface area contributed by atoms with E-state index in [0.717, 1.165) is 33.8 Å². The second kappa shape index (κ2) is 9.12. The van der Waals surface area contributed by atoms with Crippen LogP contribution in [0.4, 0.5) is 23.1 Å². The normalized spacial score (nSPS) is 10.1. The lowest BCUT2D eigenvalue weighted by Gasteiger charge is -2.13. The van der Waals surface area contributed by atoms with Crippen LogP contribution in [-0.4, -0.2) is 24.2 Å². The van der Waals surface area contributed by atoms with Gasteiger partial charge in [0.25, 0.3) is 0 Å². The molecule has 4 rings (SSSR count). The third-order valence-electron chi connectivity index (χ3n) is 4.26. The van der Waals surface area contributed by atoms with Crippen molar-refractivity contribution < 1.29 is 9.47 Å². The number of benzene rings is 3. The van der Waals surface area contributed by atoms with Crippen LogP contribution in [0.15, 0.2) is 72.8 Å². The van der Waals surface area contributed by atoms with Gasteiger partial charge in [-0.25, -0.2) is 4.98 Å². The summed E-state index contributed by atoms with van der Waals surface area (Å²) in [4.78, 5) is 9.32. The highest BCUT2D eigenvalue weighted by Gasteiger charge is 2.09. The van der Waals surface area contributed by atoms with Crippen LogP contribution in [0.1, 0.15) is 0 Å². The molecule has 0 unspecified atom stereocenters. The Hall–Kier alpha value is -3.51. The first-order valence-corrected chi connectivity index (χ1v) is 8.84. The summed E-state index contributed by atoms with van der Waals surface area (Å²) in [6.45, 7) is 0. The van der Waals surface area contributed by atoms with Crippen LogP contribution in [0, 0.1) is 0 Å². The van der Waals surface area contributed by atoms with Crippen molar-refractivity contribution in [2.24, 2.45) is 0 Å². The van der Waals surface area contributed by atoms with Crippen LogP contribution in [0.2, 0.25) is 0 Å². The maximum absolute atomic E-state index is 5.31. The van der Waals surface area contributed by atoms with Crippen molar-refractivity contribution in [1.29, 1.82) is 0 Å². The summed E-state index contributed by atoms with van der Waals surface area (Å²) in [5.41, 5.74) is 2.57. The van der Waals surface area contributed by atoms with Crippen LogP contribution < -0.4 is 20.1 Å². The number of hydrogen-bond donors (Lipinski definition) is 2. The van der Waals surface area contributed by atoms with E-state index in [1.807, 2.05) is 72.8 Å². The van der Waals surface area contributed by atoms with Crippen LogP contribution in [0.3, 0.4) is 0 Å². The van der Waals surface area contributed by atoms with Crippen molar-refractivity contribution in [3.8, 4) is 11.5 Å². The van der Waals surface area contributed by atoms with Gasteiger partial charge in [-0.15, -0.1) is 12.4 Å². The van der Waals surface area contributed by atoms with E-state index in [1.54, 1.807) is 14.2 Å². The highest BCUT2D eigenvalue weighted by atomic mass is 35.5. The molecule has 0 radical (unpaired) electrons. The molecule has 148 valence electrons. The lowest BCUT2D eigenvalue weighted by Crippen LogP contribution is -2.02. The number of fused-ring (bicyclic) bond motifs is 1. The van der Waals surface area contributed by atoms with E-state index in [9.17, 15) is 0 Å². The molecule has 0 amide bonds. The van der Waals surface area contributed by atoms with Gasteiger partial charge in [0.05, 0.1) is 19.7 Å². The molecule has 1 aromatic heterocycles. The molecule has 6 nitrogen and oxygen atoms in total. The van der Waals surface area contributed by atoms with Gasteiger partial charge in [-0.05, 0) is 36.4 Å². The van der Waals surface area contributed by atoms with Crippen molar-refractivity contribution in [2.75, 3.05) is 24.9 Å². The van der Waals surface area contributed by atoms with Gasteiger partial charge in [-0.3, -0.25) is 0 Å². The Morgan fingerprint density at radius 1 is 0.690 bits per heavy atom. The topological polar surface area (TPSA) is 68.3 Å². The number of nitrogens with zero attached hydrogens (tertiary/aromatic N) is 2. The Morgan fingerprint density at radius 2 is 1.31 bits per heavy atom. The largest absolute Gasteiger partial charge is 0.497 e. The Morgan fingerprint density at radius 3 is 1.97 bits per heavy atom. The summed E-state index contributed by atoms with van der Waals surface area (Å²) in [6.07, 6.45) is 0. The average molecular weight is 409 g/mol. The van der Waals surface area contributed by atoms with Gasteiger partial charge < -0.3 is 20.1 Å². The number of anilines is 4. The number of nitrogens with one attached hydrogen (secondary N) is 2. The molecule has 0 aliphatic heterocycles. The van der Waals surface area contributed by atoms with Crippen LogP contribution >= 0.6 is 12.4 Å². The van der Waals surface area contributed by atoms with Gasteiger partial charge in [-0.1, -0.05) is 24.3 Å². The maximum atomic E-state index is 5.31. The molecule has 0 bridgehead atoms. The van der Waals surface area contributed by atoms with Gasteiger partial charge in [-0.2, -0.15) is 4.98 Å². The van der Waals surface area contributed by atoms with E-state index in [-0.39, 0.29) is 12.4 Å². The molecule has 3 aromatic carbocycles. The minimum Gasteiger partial charge on any atom is -0.497 e. The number of rotatable bonds is 6. The third kappa shape index (κ3) is 4.67. The molecule has 1 heterocycles. The molecule has 7 heteroatoms. The number of halogens is 1. The predicted molar refractivity (Wildman–Crippen MR) is 119 cm³/mol. The van der Waals surface area contributed by atoms with Gasteiger partial charge in [0.1, 0.15) is 17.3 Å². The highest BCUT2D eigenvalue weighted by Crippen LogP contribution is 2.28. The van der Waals surface area contributed by atoms with Crippen LogP contribution in [0.5, 0.6) is 11.5 Å². The number of ether oxygens (including phenoxy) is 2. The standard InChI is InChI=1S/C22H20N4O2.ClH/c1-27-17-9-5-7-15(13-17)23-21-19-11-3-4-12-20(19)25-22(26-21)24-16-8-6-10-18(14-16)28-2;/h3-14H,1-2H3,(H2,23,24,25,26);1H. The quantitative estimate of drug-likeness (QED) is 0.435. The van der Waals surface area contributed by atoms with E-state index >= 15 is 0 Å².